The topological polar surface area (TPSA) is 125 Å². The van der Waals surface area contributed by atoms with E-state index < -0.39 is 5.82 Å². The largest absolute Gasteiger partial charge is 0.399 e. The third-order valence-electron chi connectivity index (χ3n) is 6.50. The van der Waals surface area contributed by atoms with Gasteiger partial charge < -0.3 is 16.8 Å². The Hall–Kier alpha value is -5.57. The van der Waals surface area contributed by atoms with E-state index in [0.717, 1.165) is 22.5 Å². The number of hydrogen-bond donors (Lipinski definition) is 3. The van der Waals surface area contributed by atoms with Crippen LogP contribution in [-0.4, -0.2) is 25.4 Å². The zero-order valence-electron chi connectivity index (χ0n) is 21.3. The maximum atomic E-state index is 13.5. The van der Waals surface area contributed by atoms with Crippen molar-refractivity contribution < 1.29 is 9.18 Å². The molecule has 40 heavy (non-hydrogen) atoms. The minimum absolute atomic E-state index is 0.266. The van der Waals surface area contributed by atoms with Crippen molar-refractivity contribution in [2.24, 2.45) is 0 Å². The second-order valence-corrected chi connectivity index (χ2v) is 9.23. The molecule has 5 N–H and O–H groups in total. The summed E-state index contributed by atoms with van der Waals surface area (Å²) in [6.07, 6.45) is 1.63. The highest BCUT2D eigenvalue weighted by Gasteiger charge is 2.19. The van der Waals surface area contributed by atoms with E-state index in [1.165, 1.54) is 18.2 Å². The van der Waals surface area contributed by atoms with Gasteiger partial charge in [-0.05, 0) is 72.3 Å². The molecule has 0 radical (unpaired) electrons. The van der Waals surface area contributed by atoms with E-state index in [0.29, 0.717) is 34.1 Å². The van der Waals surface area contributed by atoms with Gasteiger partial charge in [0.1, 0.15) is 17.2 Å². The first-order chi connectivity index (χ1) is 19.5. The van der Waals surface area contributed by atoms with E-state index in [9.17, 15) is 9.18 Å². The SMILES string of the molecule is Nc1cccc(-c2ccc3nc(-c4cccnc4N)n(-c4ccc(CNC(=O)c5cccc(F)c5)cc4)c3n2)c1. The van der Waals surface area contributed by atoms with Crippen LogP contribution in [-0.2, 0) is 6.54 Å². The molecule has 0 aliphatic rings. The van der Waals surface area contributed by atoms with Crippen LogP contribution >= 0.6 is 0 Å². The summed E-state index contributed by atoms with van der Waals surface area (Å²) < 4.78 is 15.4. The fourth-order valence-electron chi connectivity index (χ4n) is 4.52. The smallest absolute Gasteiger partial charge is 0.251 e. The number of nitrogens with zero attached hydrogens (tertiary/aromatic N) is 4. The number of benzene rings is 3. The summed E-state index contributed by atoms with van der Waals surface area (Å²) in [5, 5.41) is 2.83. The highest BCUT2D eigenvalue weighted by molar-refractivity contribution is 5.94. The lowest BCUT2D eigenvalue weighted by Gasteiger charge is -2.12. The number of pyridine rings is 2. The molecule has 6 rings (SSSR count). The molecule has 0 aliphatic heterocycles. The molecule has 9 heteroatoms. The average Bonchev–Trinajstić information content (AvgIpc) is 3.35. The molecule has 0 saturated carbocycles. The van der Waals surface area contributed by atoms with Crippen molar-refractivity contribution >= 4 is 28.6 Å². The summed E-state index contributed by atoms with van der Waals surface area (Å²) in [6.45, 7) is 0.278. The van der Waals surface area contributed by atoms with Crippen LogP contribution in [0, 0.1) is 5.82 Å². The van der Waals surface area contributed by atoms with Crippen LogP contribution in [0.4, 0.5) is 15.9 Å². The van der Waals surface area contributed by atoms with Crippen LogP contribution in [0.2, 0.25) is 0 Å². The third kappa shape index (κ3) is 4.83. The lowest BCUT2D eigenvalue weighted by molar-refractivity contribution is 0.0950. The second kappa shape index (κ2) is 10.3. The fourth-order valence-corrected chi connectivity index (χ4v) is 4.52. The Bertz CT molecular complexity index is 1860. The van der Waals surface area contributed by atoms with Gasteiger partial charge in [-0.25, -0.2) is 19.3 Å². The highest BCUT2D eigenvalue weighted by atomic mass is 19.1. The molecule has 1 amide bonds. The lowest BCUT2D eigenvalue weighted by Crippen LogP contribution is -2.22. The Morgan fingerprint density at radius 3 is 2.48 bits per heavy atom. The summed E-state index contributed by atoms with van der Waals surface area (Å²) >= 11 is 0. The molecular formula is C31H24FN7O. The number of carbonyl (C=O) groups is 1. The zero-order valence-corrected chi connectivity index (χ0v) is 21.3. The Kier molecular flexibility index (Phi) is 6.37. The average molecular weight is 530 g/mol. The minimum Gasteiger partial charge on any atom is -0.399 e. The van der Waals surface area contributed by atoms with Gasteiger partial charge in [-0.3, -0.25) is 9.36 Å². The summed E-state index contributed by atoms with van der Waals surface area (Å²) in [4.78, 5) is 26.5. The Labute approximate surface area is 229 Å². The number of fused-ring (bicyclic) bond motifs is 1. The third-order valence-corrected chi connectivity index (χ3v) is 6.50. The van der Waals surface area contributed by atoms with Crippen molar-refractivity contribution in [3.63, 3.8) is 0 Å². The van der Waals surface area contributed by atoms with Crippen LogP contribution in [0.15, 0.2) is 103 Å². The fraction of sp³-hybridized carbons (Fsp3) is 0.0323. The number of imidazole rings is 1. The number of nitrogens with two attached hydrogens (primary N) is 2. The van der Waals surface area contributed by atoms with Crippen molar-refractivity contribution in [3.8, 4) is 28.3 Å². The van der Waals surface area contributed by atoms with Crippen molar-refractivity contribution in [3.05, 3.63) is 120 Å². The number of amides is 1. The van der Waals surface area contributed by atoms with Gasteiger partial charge in [-0.15, -0.1) is 0 Å². The van der Waals surface area contributed by atoms with E-state index in [1.54, 1.807) is 12.3 Å². The van der Waals surface area contributed by atoms with E-state index in [2.05, 4.69) is 10.3 Å². The molecule has 3 aromatic heterocycles. The maximum Gasteiger partial charge on any atom is 0.251 e. The molecule has 3 heterocycles. The first-order valence-corrected chi connectivity index (χ1v) is 12.6. The number of rotatable bonds is 6. The molecule has 0 bridgehead atoms. The van der Waals surface area contributed by atoms with Crippen molar-refractivity contribution in [2.45, 2.75) is 6.54 Å². The zero-order chi connectivity index (χ0) is 27.6. The van der Waals surface area contributed by atoms with Gasteiger partial charge in [-0.2, -0.15) is 0 Å². The van der Waals surface area contributed by atoms with Crippen LogP contribution in [0.5, 0.6) is 0 Å². The number of aromatic nitrogens is 4. The van der Waals surface area contributed by atoms with Crippen LogP contribution < -0.4 is 16.8 Å². The van der Waals surface area contributed by atoms with E-state index in [-0.39, 0.29) is 18.0 Å². The first kappa shape index (κ1) is 24.7. The molecular weight excluding hydrogens is 505 g/mol. The number of carbonyl (C=O) groups excluding carboxylic acids is 1. The van der Waals surface area contributed by atoms with E-state index in [1.807, 2.05) is 77.4 Å². The van der Waals surface area contributed by atoms with Crippen molar-refractivity contribution in [2.75, 3.05) is 11.5 Å². The maximum absolute atomic E-state index is 13.5. The standard InChI is InChI=1S/C31H24FN7O/c32-22-6-1-5-21(16-22)31(40)36-18-19-9-11-24(12-10-19)39-29(25-8-3-15-35-28(25)34)38-27-14-13-26(37-30(27)39)20-4-2-7-23(33)17-20/h1-17H,18,33H2,(H2,34,35)(H,36,40). The van der Waals surface area contributed by atoms with Crippen LogP contribution in [0.1, 0.15) is 15.9 Å². The van der Waals surface area contributed by atoms with Gasteiger partial charge in [-0.1, -0.05) is 30.3 Å². The summed E-state index contributed by atoms with van der Waals surface area (Å²) in [5.74, 6) is 0.149. The summed E-state index contributed by atoms with van der Waals surface area (Å²) in [5.41, 5.74) is 18.5. The monoisotopic (exact) mass is 529 g/mol. The molecule has 0 aliphatic carbocycles. The summed E-state index contributed by atoms with van der Waals surface area (Å²) in [6, 6.07) is 28.3. The molecule has 0 atom stereocenters. The van der Waals surface area contributed by atoms with E-state index in [4.69, 9.17) is 21.4 Å². The van der Waals surface area contributed by atoms with E-state index >= 15 is 0 Å². The Balaban J connectivity index is 1.38. The number of halogens is 1. The Morgan fingerprint density at radius 2 is 1.70 bits per heavy atom. The molecule has 0 saturated heterocycles. The molecule has 6 aromatic rings. The number of nitrogen functional groups attached to an aromatic ring is 2. The molecule has 8 nitrogen and oxygen atoms in total. The van der Waals surface area contributed by atoms with Crippen LogP contribution in [0.25, 0.3) is 39.5 Å². The first-order valence-electron chi connectivity index (χ1n) is 12.6. The predicted octanol–water partition coefficient (Wildman–Crippen LogP) is 5.38. The van der Waals surface area contributed by atoms with Gasteiger partial charge in [0, 0.05) is 35.2 Å². The molecule has 196 valence electrons. The quantitative estimate of drug-likeness (QED) is 0.249. The molecule has 0 fully saturated rings. The number of anilines is 2. The minimum atomic E-state index is -0.456. The van der Waals surface area contributed by atoms with Gasteiger partial charge in [0.25, 0.3) is 5.91 Å². The number of hydrogen-bond acceptors (Lipinski definition) is 6. The normalized spacial score (nSPS) is 11.0. The van der Waals surface area contributed by atoms with Gasteiger partial charge in [0.2, 0.25) is 0 Å². The van der Waals surface area contributed by atoms with Crippen molar-refractivity contribution in [1.82, 2.24) is 24.8 Å². The second-order valence-electron chi connectivity index (χ2n) is 9.23. The summed E-state index contributed by atoms with van der Waals surface area (Å²) in [7, 11) is 0. The predicted molar refractivity (Wildman–Crippen MR) is 154 cm³/mol. The number of nitrogens with one attached hydrogen (secondary N) is 1. The van der Waals surface area contributed by atoms with Gasteiger partial charge in [0.15, 0.2) is 11.5 Å². The molecule has 0 unspecified atom stereocenters. The van der Waals surface area contributed by atoms with Crippen LogP contribution in [0.3, 0.4) is 0 Å². The van der Waals surface area contributed by atoms with Gasteiger partial charge in [0.05, 0.1) is 11.3 Å². The molecule has 0 spiro atoms. The van der Waals surface area contributed by atoms with Gasteiger partial charge >= 0.3 is 0 Å². The lowest BCUT2D eigenvalue weighted by atomic mass is 10.1. The molecule has 3 aromatic carbocycles. The Morgan fingerprint density at radius 1 is 0.875 bits per heavy atom. The highest BCUT2D eigenvalue weighted by Crippen LogP contribution is 2.32. The van der Waals surface area contributed by atoms with Crippen molar-refractivity contribution in [1.29, 1.82) is 0 Å².